The van der Waals surface area contributed by atoms with Gasteiger partial charge in [-0.2, -0.15) is 0 Å². The second kappa shape index (κ2) is 7.60. The minimum Gasteiger partial charge on any atom is -0.494 e. The first-order chi connectivity index (χ1) is 13.6. The Labute approximate surface area is 162 Å². The highest BCUT2D eigenvalue weighted by atomic mass is 16.5. The lowest BCUT2D eigenvalue weighted by atomic mass is 10.1. The Kier molecular flexibility index (Phi) is 4.85. The van der Waals surface area contributed by atoms with Crippen molar-refractivity contribution in [3.63, 3.8) is 0 Å². The fourth-order valence-electron chi connectivity index (χ4n) is 3.38. The van der Waals surface area contributed by atoms with Gasteiger partial charge in [0.25, 0.3) is 0 Å². The predicted molar refractivity (Wildman–Crippen MR) is 111 cm³/mol. The number of amides is 2. The summed E-state index contributed by atoms with van der Waals surface area (Å²) >= 11 is 0. The van der Waals surface area contributed by atoms with Crippen LogP contribution in [0, 0.1) is 0 Å². The lowest BCUT2D eigenvalue weighted by molar-refractivity contribution is -0.121. The molecule has 0 aliphatic carbocycles. The van der Waals surface area contributed by atoms with Crippen LogP contribution in [0.2, 0.25) is 0 Å². The van der Waals surface area contributed by atoms with Gasteiger partial charge < -0.3 is 20.7 Å². The molecule has 4 rings (SSSR count). The Bertz CT molecular complexity index is 1030. The highest BCUT2D eigenvalue weighted by Gasteiger charge is 2.26. The lowest BCUT2D eigenvalue weighted by Crippen LogP contribution is -2.36. The Hall–Kier alpha value is -3.54. The summed E-state index contributed by atoms with van der Waals surface area (Å²) in [6, 6.07) is 18.1. The van der Waals surface area contributed by atoms with Gasteiger partial charge in [-0.3, -0.25) is 9.59 Å². The van der Waals surface area contributed by atoms with Crippen LogP contribution < -0.4 is 20.7 Å². The van der Waals surface area contributed by atoms with Crippen molar-refractivity contribution in [1.29, 1.82) is 0 Å². The molecule has 0 fully saturated rings. The molecule has 1 atom stereocenters. The zero-order chi connectivity index (χ0) is 19.5. The van der Waals surface area contributed by atoms with Crippen molar-refractivity contribution in [2.45, 2.75) is 19.4 Å². The third-order valence-electron chi connectivity index (χ3n) is 4.65. The molecule has 0 bridgehead atoms. The van der Waals surface area contributed by atoms with Gasteiger partial charge in [0, 0.05) is 16.8 Å². The van der Waals surface area contributed by atoms with Gasteiger partial charge >= 0.3 is 0 Å². The van der Waals surface area contributed by atoms with E-state index in [0.29, 0.717) is 12.3 Å². The first kappa shape index (κ1) is 17.9. The van der Waals surface area contributed by atoms with Gasteiger partial charge in [0.05, 0.1) is 18.7 Å². The van der Waals surface area contributed by atoms with E-state index < -0.39 is 6.04 Å². The van der Waals surface area contributed by atoms with E-state index >= 15 is 0 Å². The van der Waals surface area contributed by atoms with E-state index in [1.54, 1.807) is 24.3 Å². The molecule has 3 aromatic rings. The summed E-state index contributed by atoms with van der Waals surface area (Å²) in [5.41, 5.74) is 2.25. The van der Waals surface area contributed by atoms with E-state index in [1.165, 1.54) is 0 Å². The first-order valence-electron chi connectivity index (χ1n) is 9.26. The lowest BCUT2D eigenvalue weighted by Gasteiger charge is -2.16. The Morgan fingerprint density at radius 2 is 1.75 bits per heavy atom. The van der Waals surface area contributed by atoms with Gasteiger partial charge in [0.1, 0.15) is 11.8 Å². The van der Waals surface area contributed by atoms with Crippen LogP contribution in [0.5, 0.6) is 5.75 Å². The van der Waals surface area contributed by atoms with Crippen molar-refractivity contribution in [2.24, 2.45) is 0 Å². The SMILES string of the molecule is CCOc1ccc(NC(=O)CC2Nc3cccc4cccc(c34)NC2=O)cc1. The number of rotatable bonds is 5. The molecule has 1 unspecified atom stereocenters. The molecular formula is C22H21N3O3. The molecule has 3 aromatic carbocycles. The average Bonchev–Trinajstić information content (AvgIpc) is 2.82. The summed E-state index contributed by atoms with van der Waals surface area (Å²) in [5, 5.41) is 11.0. The molecule has 3 N–H and O–H groups in total. The fourth-order valence-corrected chi connectivity index (χ4v) is 3.38. The van der Waals surface area contributed by atoms with Gasteiger partial charge in [-0.1, -0.05) is 24.3 Å². The average molecular weight is 375 g/mol. The highest BCUT2D eigenvalue weighted by molar-refractivity contribution is 6.13. The number of ether oxygens (including phenoxy) is 1. The quantitative estimate of drug-likeness (QED) is 0.630. The van der Waals surface area contributed by atoms with E-state index in [-0.39, 0.29) is 18.2 Å². The van der Waals surface area contributed by atoms with Crippen molar-refractivity contribution in [3.05, 3.63) is 60.7 Å². The summed E-state index contributed by atoms with van der Waals surface area (Å²) in [6.45, 7) is 2.50. The topological polar surface area (TPSA) is 79.5 Å². The van der Waals surface area contributed by atoms with E-state index in [1.807, 2.05) is 43.3 Å². The molecule has 142 valence electrons. The van der Waals surface area contributed by atoms with Crippen LogP contribution in [0.4, 0.5) is 17.1 Å². The minimum absolute atomic E-state index is 0.0173. The number of benzene rings is 3. The van der Waals surface area contributed by atoms with Gasteiger partial charge in [-0.15, -0.1) is 0 Å². The summed E-state index contributed by atoms with van der Waals surface area (Å²) in [5.74, 6) is 0.275. The number of carbonyl (C=O) groups is 2. The fraction of sp³-hybridized carbons (Fsp3) is 0.182. The number of nitrogens with one attached hydrogen (secondary N) is 3. The van der Waals surface area contributed by atoms with E-state index in [4.69, 9.17) is 4.74 Å². The molecule has 6 heteroatoms. The van der Waals surface area contributed by atoms with Crippen molar-refractivity contribution < 1.29 is 14.3 Å². The van der Waals surface area contributed by atoms with Gasteiger partial charge in [-0.25, -0.2) is 0 Å². The van der Waals surface area contributed by atoms with Crippen LogP contribution in [0.3, 0.4) is 0 Å². The van der Waals surface area contributed by atoms with Crippen molar-refractivity contribution in [1.82, 2.24) is 0 Å². The normalized spacial score (nSPS) is 15.3. The molecule has 1 aliphatic heterocycles. The van der Waals surface area contributed by atoms with Crippen molar-refractivity contribution >= 4 is 39.6 Å². The summed E-state index contributed by atoms with van der Waals surface area (Å²) in [4.78, 5) is 25.2. The highest BCUT2D eigenvalue weighted by Crippen LogP contribution is 2.33. The maximum absolute atomic E-state index is 12.7. The third kappa shape index (κ3) is 3.62. The van der Waals surface area contributed by atoms with Gasteiger partial charge in [0.2, 0.25) is 11.8 Å². The van der Waals surface area contributed by atoms with Crippen LogP contribution in [0.15, 0.2) is 60.7 Å². The molecule has 0 saturated heterocycles. The number of hydrogen-bond donors (Lipinski definition) is 3. The van der Waals surface area contributed by atoms with E-state index in [2.05, 4.69) is 16.0 Å². The molecular weight excluding hydrogens is 354 g/mol. The molecule has 0 radical (unpaired) electrons. The molecule has 2 amide bonds. The van der Waals surface area contributed by atoms with Crippen molar-refractivity contribution in [2.75, 3.05) is 22.6 Å². The molecule has 0 saturated carbocycles. The third-order valence-corrected chi connectivity index (χ3v) is 4.65. The van der Waals surface area contributed by atoms with Crippen LogP contribution in [-0.2, 0) is 9.59 Å². The second-order valence-electron chi connectivity index (χ2n) is 6.61. The van der Waals surface area contributed by atoms with Crippen LogP contribution in [-0.4, -0.2) is 24.5 Å². The van der Waals surface area contributed by atoms with Crippen LogP contribution in [0.25, 0.3) is 10.8 Å². The zero-order valence-electron chi connectivity index (χ0n) is 15.5. The molecule has 6 nitrogen and oxygen atoms in total. The molecule has 1 aliphatic rings. The van der Waals surface area contributed by atoms with Crippen molar-refractivity contribution in [3.8, 4) is 5.75 Å². The minimum atomic E-state index is -0.666. The number of hydrogen-bond acceptors (Lipinski definition) is 4. The standard InChI is InChI=1S/C22H21N3O3/c1-2-28-16-11-9-15(10-12-16)23-20(26)13-19-22(27)25-18-8-4-6-14-5-3-7-17(24-19)21(14)18/h3-12,19,24H,2,13H2,1H3,(H,23,26)(H,25,27). The van der Waals surface area contributed by atoms with E-state index in [0.717, 1.165) is 27.9 Å². The van der Waals surface area contributed by atoms with Gasteiger partial charge in [-0.05, 0) is 48.7 Å². The number of anilines is 3. The molecule has 0 aromatic heterocycles. The second-order valence-corrected chi connectivity index (χ2v) is 6.61. The Balaban J connectivity index is 1.49. The predicted octanol–water partition coefficient (Wildman–Crippen LogP) is 4.00. The summed E-state index contributed by atoms with van der Waals surface area (Å²) < 4.78 is 5.40. The maximum atomic E-state index is 12.7. The largest absolute Gasteiger partial charge is 0.494 e. The maximum Gasteiger partial charge on any atom is 0.247 e. The van der Waals surface area contributed by atoms with Crippen LogP contribution >= 0.6 is 0 Å². The molecule has 28 heavy (non-hydrogen) atoms. The Morgan fingerprint density at radius 1 is 1.04 bits per heavy atom. The Morgan fingerprint density at radius 3 is 2.46 bits per heavy atom. The van der Waals surface area contributed by atoms with Crippen LogP contribution in [0.1, 0.15) is 13.3 Å². The van der Waals surface area contributed by atoms with E-state index in [9.17, 15) is 9.59 Å². The smallest absolute Gasteiger partial charge is 0.247 e. The number of carbonyl (C=O) groups excluding carboxylic acids is 2. The summed E-state index contributed by atoms with van der Waals surface area (Å²) in [6.07, 6.45) is 0.0173. The summed E-state index contributed by atoms with van der Waals surface area (Å²) in [7, 11) is 0. The van der Waals surface area contributed by atoms with Gasteiger partial charge in [0.15, 0.2) is 0 Å². The molecule has 0 spiro atoms. The molecule has 1 heterocycles. The zero-order valence-corrected chi connectivity index (χ0v) is 15.5. The first-order valence-corrected chi connectivity index (χ1v) is 9.26. The monoisotopic (exact) mass is 375 g/mol.